The Kier molecular flexibility index (Phi) is 9.61. The molecular weight excluding hydrogens is 468 g/mol. The first-order valence-corrected chi connectivity index (χ1v) is 15.2. The van der Waals surface area contributed by atoms with Gasteiger partial charge >= 0.3 is 11.9 Å². The van der Waals surface area contributed by atoms with Crippen molar-refractivity contribution in [2.45, 2.75) is 116 Å². The summed E-state index contributed by atoms with van der Waals surface area (Å²) in [6, 6.07) is 0.535. The summed E-state index contributed by atoms with van der Waals surface area (Å²) < 4.78 is 0. The van der Waals surface area contributed by atoms with Crippen LogP contribution in [0.3, 0.4) is 0 Å². The first-order chi connectivity index (χ1) is 17.6. The molecule has 0 spiro atoms. The summed E-state index contributed by atoms with van der Waals surface area (Å²) in [4.78, 5) is 21.6. The fourth-order valence-electron chi connectivity index (χ4n) is 9.50. The monoisotopic (exact) mass is 520 g/mol. The predicted octanol–water partition coefficient (Wildman–Crippen LogP) is 4.67. The van der Waals surface area contributed by atoms with Gasteiger partial charge in [0.2, 0.25) is 0 Å². The molecule has 9 atom stereocenters. The molecule has 0 heterocycles. The van der Waals surface area contributed by atoms with Crippen molar-refractivity contribution in [2.75, 3.05) is 19.6 Å². The van der Waals surface area contributed by atoms with Crippen molar-refractivity contribution in [3.63, 3.8) is 0 Å². The number of carboxylic acid groups (broad SMARTS) is 2. The molecule has 0 aliphatic heterocycles. The summed E-state index contributed by atoms with van der Waals surface area (Å²) in [5.41, 5.74) is 0.598. The standard InChI is InChI=1S/C30H52N2O5/c1-29-14-12-24-28(23(29)10-9-20(29)6-3-7-26(34)35)25(33)19-21-18-22(11-13-30(21,24)2)32-17-5-16-31-15-4-8-27(36)37/h20-25,28,31-33H,3-19H2,1-2H3,(H,34,35)(H,36,37)/t20-,21+,22-,23?,24?,25+,28?,29+,30-/m0/s1. The molecular formula is C30H52N2O5. The number of aliphatic hydroxyl groups is 1. The number of aliphatic hydroxyl groups excluding tert-OH is 1. The van der Waals surface area contributed by atoms with Crippen LogP contribution in [0.15, 0.2) is 0 Å². The van der Waals surface area contributed by atoms with Crippen molar-refractivity contribution in [2.24, 2.45) is 40.4 Å². The number of hydrogen-bond donors (Lipinski definition) is 5. The van der Waals surface area contributed by atoms with Crippen LogP contribution < -0.4 is 10.6 Å². The molecule has 4 aliphatic rings. The molecule has 212 valence electrons. The molecule has 4 fully saturated rings. The second-order valence-corrected chi connectivity index (χ2v) is 13.4. The normalized spacial score (nSPS) is 41.0. The Hall–Kier alpha value is -1.18. The highest BCUT2D eigenvalue weighted by molar-refractivity contribution is 5.66. The minimum Gasteiger partial charge on any atom is -0.481 e. The largest absolute Gasteiger partial charge is 0.481 e. The lowest BCUT2D eigenvalue weighted by molar-refractivity contribution is -0.165. The van der Waals surface area contributed by atoms with Gasteiger partial charge in [0, 0.05) is 18.9 Å². The molecule has 0 radical (unpaired) electrons. The molecule has 4 aliphatic carbocycles. The highest BCUT2D eigenvalue weighted by Crippen LogP contribution is 2.67. The van der Waals surface area contributed by atoms with E-state index in [-0.39, 0.29) is 24.4 Å². The first kappa shape index (κ1) is 28.8. The quantitative estimate of drug-likeness (QED) is 0.224. The Balaban J connectivity index is 1.27. The van der Waals surface area contributed by atoms with Crippen molar-refractivity contribution in [1.82, 2.24) is 10.6 Å². The van der Waals surface area contributed by atoms with Gasteiger partial charge in [0.15, 0.2) is 0 Å². The first-order valence-electron chi connectivity index (χ1n) is 15.2. The van der Waals surface area contributed by atoms with Gasteiger partial charge in [-0.1, -0.05) is 13.8 Å². The number of hydrogen-bond acceptors (Lipinski definition) is 5. The van der Waals surface area contributed by atoms with E-state index in [1.54, 1.807) is 0 Å². The Labute approximate surface area is 223 Å². The molecule has 37 heavy (non-hydrogen) atoms. The van der Waals surface area contributed by atoms with E-state index in [0.717, 1.165) is 45.3 Å². The van der Waals surface area contributed by atoms with Crippen molar-refractivity contribution in [3.8, 4) is 0 Å². The van der Waals surface area contributed by atoms with Crippen LogP contribution in [-0.4, -0.2) is 59.0 Å². The zero-order chi connectivity index (χ0) is 26.6. The van der Waals surface area contributed by atoms with Gasteiger partial charge in [-0.25, -0.2) is 0 Å². The molecule has 0 saturated heterocycles. The van der Waals surface area contributed by atoms with Crippen molar-refractivity contribution >= 4 is 11.9 Å². The van der Waals surface area contributed by atoms with E-state index in [9.17, 15) is 14.7 Å². The number of nitrogens with one attached hydrogen (secondary N) is 2. The van der Waals surface area contributed by atoms with Gasteiger partial charge < -0.3 is 26.0 Å². The second kappa shape index (κ2) is 12.3. The fourth-order valence-corrected chi connectivity index (χ4v) is 9.50. The smallest absolute Gasteiger partial charge is 0.303 e. The molecule has 5 N–H and O–H groups in total. The molecule has 0 aromatic rings. The van der Waals surface area contributed by atoms with Gasteiger partial charge in [-0.2, -0.15) is 0 Å². The Bertz CT molecular complexity index is 792. The second-order valence-electron chi connectivity index (χ2n) is 13.4. The van der Waals surface area contributed by atoms with Crippen molar-refractivity contribution in [3.05, 3.63) is 0 Å². The number of carbonyl (C=O) groups is 2. The van der Waals surface area contributed by atoms with E-state index in [1.807, 2.05) is 0 Å². The predicted molar refractivity (Wildman–Crippen MR) is 144 cm³/mol. The Morgan fingerprint density at radius 1 is 0.811 bits per heavy atom. The summed E-state index contributed by atoms with van der Waals surface area (Å²) in [6.07, 6.45) is 13.3. The lowest BCUT2D eigenvalue weighted by Crippen LogP contribution is -2.59. The lowest BCUT2D eigenvalue weighted by atomic mass is 9.44. The third kappa shape index (κ3) is 6.36. The van der Waals surface area contributed by atoms with Gasteiger partial charge in [0.25, 0.3) is 0 Å². The Morgan fingerprint density at radius 3 is 2.24 bits per heavy atom. The summed E-state index contributed by atoms with van der Waals surface area (Å²) in [5.74, 6) is 1.42. The van der Waals surface area contributed by atoms with Gasteiger partial charge in [0.05, 0.1) is 6.10 Å². The summed E-state index contributed by atoms with van der Waals surface area (Å²) in [5, 5.41) is 36.5. The summed E-state index contributed by atoms with van der Waals surface area (Å²) >= 11 is 0. The molecule has 0 amide bonds. The molecule has 0 bridgehead atoms. The van der Waals surface area contributed by atoms with Gasteiger partial charge in [0.1, 0.15) is 0 Å². The average Bonchev–Trinajstić information content (AvgIpc) is 3.17. The third-order valence-corrected chi connectivity index (χ3v) is 11.5. The third-order valence-electron chi connectivity index (χ3n) is 11.5. The number of carboxylic acids is 2. The summed E-state index contributed by atoms with van der Waals surface area (Å²) in [7, 11) is 0. The minimum absolute atomic E-state index is 0.195. The van der Waals surface area contributed by atoms with Crippen LogP contribution in [0.25, 0.3) is 0 Å². The maximum absolute atomic E-state index is 11.5. The maximum Gasteiger partial charge on any atom is 0.303 e. The van der Waals surface area contributed by atoms with Crippen LogP contribution in [0, 0.1) is 40.4 Å². The van der Waals surface area contributed by atoms with Crippen LogP contribution in [-0.2, 0) is 9.59 Å². The maximum atomic E-state index is 11.5. The zero-order valence-electron chi connectivity index (χ0n) is 23.2. The Morgan fingerprint density at radius 2 is 1.49 bits per heavy atom. The topological polar surface area (TPSA) is 119 Å². The lowest BCUT2D eigenvalue weighted by Gasteiger charge is -2.62. The number of rotatable bonds is 13. The van der Waals surface area contributed by atoms with Crippen LogP contribution in [0.5, 0.6) is 0 Å². The van der Waals surface area contributed by atoms with E-state index >= 15 is 0 Å². The van der Waals surface area contributed by atoms with E-state index in [1.165, 1.54) is 44.9 Å². The van der Waals surface area contributed by atoms with Crippen LogP contribution in [0.4, 0.5) is 0 Å². The van der Waals surface area contributed by atoms with Gasteiger partial charge in [-0.3, -0.25) is 9.59 Å². The number of aliphatic carboxylic acids is 2. The van der Waals surface area contributed by atoms with Gasteiger partial charge in [-0.05, 0) is 137 Å². The van der Waals surface area contributed by atoms with E-state index in [0.29, 0.717) is 47.5 Å². The minimum atomic E-state index is -0.727. The molecule has 0 aromatic heterocycles. The van der Waals surface area contributed by atoms with Crippen LogP contribution >= 0.6 is 0 Å². The van der Waals surface area contributed by atoms with Crippen molar-refractivity contribution < 1.29 is 24.9 Å². The SMILES string of the molecule is C[C@]12CCC3C(C1CC[C@@H]2CCCC(=O)O)[C@H](O)C[C@H]1C[C@@H](NCCCNCCCC(=O)O)CC[C@]31C. The van der Waals surface area contributed by atoms with Crippen LogP contribution in [0.1, 0.15) is 104 Å². The average molecular weight is 521 g/mol. The van der Waals surface area contributed by atoms with Gasteiger partial charge in [-0.15, -0.1) is 0 Å². The molecule has 7 heteroatoms. The summed E-state index contributed by atoms with van der Waals surface area (Å²) in [6.45, 7) is 7.67. The van der Waals surface area contributed by atoms with E-state index in [4.69, 9.17) is 10.2 Å². The molecule has 4 rings (SSSR count). The highest BCUT2D eigenvalue weighted by Gasteiger charge is 2.62. The van der Waals surface area contributed by atoms with Crippen LogP contribution in [0.2, 0.25) is 0 Å². The zero-order valence-corrected chi connectivity index (χ0v) is 23.2. The van der Waals surface area contributed by atoms with Crippen molar-refractivity contribution in [1.29, 1.82) is 0 Å². The van der Waals surface area contributed by atoms with E-state index in [2.05, 4.69) is 24.5 Å². The van der Waals surface area contributed by atoms with E-state index < -0.39 is 11.9 Å². The molecule has 0 aromatic carbocycles. The molecule has 7 nitrogen and oxygen atoms in total. The fraction of sp³-hybridized carbons (Fsp3) is 0.933. The molecule has 3 unspecified atom stereocenters. The molecule has 4 saturated carbocycles. The highest BCUT2D eigenvalue weighted by atomic mass is 16.4. The number of fused-ring (bicyclic) bond motifs is 5.